The quantitative estimate of drug-likeness (QED) is 0.175. The Labute approximate surface area is 281 Å². The fourth-order valence-corrected chi connectivity index (χ4v) is 7.51. The number of allylic oxidation sites excluding steroid dienone is 6. The van der Waals surface area contributed by atoms with Crippen LogP contribution >= 0.6 is 0 Å². The molecule has 8 rings (SSSR count). The lowest BCUT2D eigenvalue weighted by Gasteiger charge is -2.23. The molecule has 0 bridgehead atoms. The monoisotopic (exact) mass is 616 g/mol. The molecule has 0 spiro atoms. The van der Waals surface area contributed by atoms with Crippen molar-refractivity contribution in [1.29, 1.82) is 0 Å². The van der Waals surface area contributed by atoms with Gasteiger partial charge in [-0.2, -0.15) is 0 Å². The summed E-state index contributed by atoms with van der Waals surface area (Å²) in [5, 5.41) is 0. The predicted octanol–water partition coefficient (Wildman–Crippen LogP) is 10.2. The summed E-state index contributed by atoms with van der Waals surface area (Å²) in [6.45, 7) is 0. The van der Waals surface area contributed by atoms with Crippen molar-refractivity contribution in [2.75, 3.05) is 0 Å². The second-order valence-corrected chi connectivity index (χ2v) is 12.2. The minimum atomic E-state index is -0.450. The van der Waals surface area contributed by atoms with Crippen LogP contribution in [0.2, 0.25) is 0 Å². The molecular formula is C46H32O2. The van der Waals surface area contributed by atoms with Gasteiger partial charge in [-0.15, -0.1) is 0 Å². The van der Waals surface area contributed by atoms with E-state index >= 15 is 9.59 Å². The zero-order valence-corrected chi connectivity index (χ0v) is 26.3. The van der Waals surface area contributed by atoms with Gasteiger partial charge in [0.15, 0.2) is 11.6 Å². The average molecular weight is 617 g/mol. The van der Waals surface area contributed by atoms with Crippen molar-refractivity contribution in [2.24, 2.45) is 0 Å². The van der Waals surface area contributed by atoms with Crippen LogP contribution in [0.5, 0.6) is 0 Å². The van der Waals surface area contributed by atoms with Crippen LogP contribution in [0.1, 0.15) is 45.2 Å². The van der Waals surface area contributed by atoms with E-state index in [1.54, 1.807) is 0 Å². The van der Waals surface area contributed by atoms with Gasteiger partial charge in [-0.25, -0.2) is 0 Å². The van der Waals surface area contributed by atoms with Crippen molar-refractivity contribution in [1.82, 2.24) is 0 Å². The van der Waals surface area contributed by atoms with E-state index in [0.717, 1.165) is 44.5 Å². The first kappa shape index (κ1) is 29.3. The summed E-state index contributed by atoms with van der Waals surface area (Å²) in [4.78, 5) is 30.8. The summed E-state index contributed by atoms with van der Waals surface area (Å²) in [6, 6.07) is 60.5. The number of Topliss-reactive ketones (excluding diaryl/α,β-unsaturated/α-hetero) is 2. The molecule has 2 nitrogen and oxygen atoms in total. The Bertz CT molecular complexity index is 2050. The van der Waals surface area contributed by atoms with E-state index in [1.807, 2.05) is 133 Å². The van der Waals surface area contributed by atoms with Gasteiger partial charge in [0.1, 0.15) is 0 Å². The van der Waals surface area contributed by atoms with E-state index in [9.17, 15) is 0 Å². The van der Waals surface area contributed by atoms with E-state index < -0.39 is 11.8 Å². The van der Waals surface area contributed by atoms with E-state index in [4.69, 9.17) is 0 Å². The molecule has 2 aliphatic rings. The Hall–Kier alpha value is -6.12. The maximum Gasteiger partial charge on any atom is 0.191 e. The molecule has 2 atom stereocenters. The molecule has 0 radical (unpaired) electrons. The Kier molecular flexibility index (Phi) is 7.68. The van der Waals surface area contributed by atoms with Crippen LogP contribution in [0, 0.1) is 0 Å². The second-order valence-electron chi connectivity index (χ2n) is 12.2. The summed E-state index contributed by atoms with van der Waals surface area (Å²) in [7, 11) is 0. The van der Waals surface area contributed by atoms with Gasteiger partial charge in [0, 0.05) is 34.1 Å². The van der Waals surface area contributed by atoms with Crippen molar-refractivity contribution < 1.29 is 9.59 Å². The molecule has 0 saturated heterocycles. The molecule has 0 N–H and O–H groups in total. The van der Waals surface area contributed by atoms with Gasteiger partial charge in [0.2, 0.25) is 0 Å². The third-order valence-electron chi connectivity index (χ3n) is 9.49. The molecule has 6 aromatic rings. The van der Waals surface area contributed by atoms with Crippen LogP contribution in [-0.4, -0.2) is 11.6 Å². The number of ketones is 2. The van der Waals surface area contributed by atoms with Gasteiger partial charge >= 0.3 is 0 Å². The zero-order valence-electron chi connectivity index (χ0n) is 26.3. The average Bonchev–Trinajstić information content (AvgIpc) is 3.64. The number of carbonyl (C=O) groups is 2. The van der Waals surface area contributed by atoms with Gasteiger partial charge in [-0.3, -0.25) is 9.59 Å². The molecule has 2 heteroatoms. The van der Waals surface area contributed by atoms with E-state index in [2.05, 4.69) is 48.5 Å². The molecule has 2 aliphatic carbocycles. The first-order valence-electron chi connectivity index (χ1n) is 16.4. The highest BCUT2D eigenvalue weighted by Gasteiger charge is 2.48. The Balaban J connectivity index is 1.50. The van der Waals surface area contributed by atoms with Gasteiger partial charge in [0.25, 0.3) is 0 Å². The predicted molar refractivity (Wildman–Crippen MR) is 195 cm³/mol. The van der Waals surface area contributed by atoms with Crippen molar-refractivity contribution in [2.45, 2.75) is 11.8 Å². The lowest BCUT2D eigenvalue weighted by molar-refractivity contribution is -0.112. The summed E-state index contributed by atoms with van der Waals surface area (Å²) >= 11 is 0. The Morgan fingerprint density at radius 2 is 0.521 bits per heavy atom. The third kappa shape index (κ3) is 4.99. The molecule has 0 amide bonds. The van der Waals surface area contributed by atoms with Crippen LogP contribution in [0.15, 0.2) is 193 Å². The molecule has 0 saturated carbocycles. The van der Waals surface area contributed by atoms with Crippen molar-refractivity contribution in [3.63, 3.8) is 0 Å². The van der Waals surface area contributed by atoms with E-state index in [-0.39, 0.29) is 11.6 Å². The van der Waals surface area contributed by atoms with E-state index in [0.29, 0.717) is 22.3 Å². The normalized spacial score (nSPS) is 19.3. The molecule has 0 aromatic heterocycles. The van der Waals surface area contributed by atoms with Gasteiger partial charge in [0.05, 0.1) is 0 Å². The number of hydrogen-bond acceptors (Lipinski definition) is 2. The first-order valence-corrected chi connectivity index (χ1v) is 16.4. The summed E-state index contributed by atoms with van der Waals surface area (Å²) in [5.41, 5.74) is 9.83. The molecule has 228 valence electrons. The van der Waals surface area contributed by atoms with Crippen molar-refractivity contribution >= 4 is 33.9 Å². The third-order valence-corrected chi connectivity index (χ3v) is 9.49. The minimum absolute atomic E-state index is 0.0973. The minimum Gasteiger partial charge on any atom is -0.289 e. The molecule has 0 unspecified atom stereocenters. The van der Waals surface area contributed by atoms with Gasteiger partial charge < -0.3 is 0 Å². The number of rotatable bonds is 6. The topological polar surface area (TPSA) is 34.1 Å². The van der Waals surface area contributed by atoms with Crippen LogP contribution in [-0.2, 0) is 9.59 Å². The van der Waals surface area contributed by atoms with Crippen LogP contribution < -0.4 is 0 Å². The number of benzene rings is 6. The summed E-state index contributed by atoms with van der Waals surface area (Å²) in [6.07, 6.45) is 0. The Morgan fingerprint density at radius 1 is 0.271 bits per heavy atom. The molecule has 0 heterocycles. The molecule has 6 aromatic carbocycles. The largest absolute Gasteiger partial charge is 0.289 e. The maximum atomic E-state index is 15.4. The summed E-state index contributed by atoms with van der Waals surface area (Å²) in [5.74, 6) is -1.10. The highest BCUT2D eigenvalue weighted by molar-refractivity contribution is 6.46. The van der Waals surface area contributed by atoms with E-state index in [1.165, 1.54) is 0 Å². The Morgan fingerprint density at radius 3 is 0.812 bits per heavy atom. The highest BCUT2D eigenvalue weighted by atomic mass is 16.1. The first-order chi connectivity index (χ1) is 23.7. The fraction of sp³-hybridized carbons (Fsp3) is 0.0435. The molecular weight excluding hydrogens is 585 g/mol. The lowest BCUT2D eigenvalue weighted by Crippen LogP contribution is -2.16. The standard InChI is InChI=1S/C46H32O2/c47-45-41(35-27-15-5-16-28-35)37(31-19-7-1-8-20-31)39(33-23-11-3-12-24-33)43(45)44-40(34-25-13-4-14-26-34)38(32-21-9-2-10-22-32)42(46(44)48)36-29-17-6-18-30-36/h1-30,39-40H/b44-43+/t39-,40-/m0/s1. The van der Waals surface area contributed by atoms with Gasteiger partial charge in [-0.1, -0.05) is 182 Å². The SMILES string of the molecule is O=C1C(c2ccccc2)=C(c2ccccc2)[C@H](c2ccccc2)/C1=C1\C(=O)C(c2ccccc2)=C(c2ccccc2)[C@@H]1c1ccccc1. The smallest absolute Gasteiger partial charge is 0.191 e. The summed E-state index contributed by atoms with van der Waals surface area (Å²) < 4.78 is 0. The zero-order chi connectivity index (χ0) is 32.5. The maximum absolute atomic E-state index is 15.4. The van der Waals surface area contributed by atoms with Crippen molar-refractivity contribution in [3.8, 4) is 0 Å². The fourth-order valence-electron chi connectivity index (χ4n) is 7.51. The van der Waals surface area contributed by atoms with Crippen LogP contribution in [0.3, 0.4) is 0 Å². The van der Waals surface area contributed by atoms with Gasteiger partial charge in [-0.05, 0) is 44.5 Å². The van der Waals surface area contributed by atoms with Crippen LogP contribution in [0.4, 0.5) is 0 Å². The number of carbonyl (C=O) groups excluding carboxylic acids is 2. The van der Waals surface area contributed by atoms with Crippen molar-refractivity contribution in [3.05, 3.63) is 227 Å². The molecule has 48 heavy (non-hydrogen) atoms. The molecule has 0 aliphatic heterocycles. The highest BCUT2D eigenvalue weighted by Crippen LogP contribution is 2.57. The molecule has 0 fully saturated rings. The number of hydrogen-bond donors (Lipinski definition) is 0. The van der Waals surface area contributed by atoms with Crippen LogP contribution in [0.25, 0.3) is 22.3 Å². The lowest BCUT2D eigenvalue weighted by atomic mass is 9.78. The second kappa shape index (κ2) is 12.6.